The minimum Gasteiger partial charge on any atom is -0.444 e. The van der Waals surface area contributed by atoms with Gasteiger partial charge in [0.1, 0.15) is 5.60 Å². The number of fused-ring (bicyclic) bond motifs is 1. The van der Waals surface area contributed by atoms with Crippen molar-refractivity contribution in [1.82, 2.24) is 4.90 Å². The van der Waals surface area contributed by atoms with Crippen LogP contribution in [0.25, 0.3) is 0 Å². The Morgan fingerprint density at radius 1 is 1.32 bits per heavy atom. The zero-order valence-corrected chi connectivity index (χ0v) is 15.4. The van der Waals surface area contributed by atoms with Gasteiger partial charge in [0.15, 0.2) is 9.84 Å². The Hall–Kier alpha value is -2.09. The highest BCUT2D eigenvalue weighted by atomic mass is 32.2. The molecule has 1 aromatic carbocycles. The van der Waals surface area contributed by atoms with E-state index in [4.69, 9.17) is 4.74 Å². The summed E-state index contributed by atoms with van der Waals surface area (Å²) in [6.45, 7) is 5.79. The lowest BCUT2D eigenvalue weighted by atomic mass is 10.2. The molecule has 0 radical (unpaired) electrons. The predicted molar refractivity (Wildman–Crippen MR) is 92.2 cm³/mol. The van der Waals surface area contributed by atoms with Crippen LogP contribution in [0.2, 0.25) is 0 Å². The Morgan fingerprint density at radius 2 is 2.04 bits per heavy atom. The highest BCUT2D eigenvalue weighted by Crippen LogP contribution is 2.30. The molecule has 0 spiro atoms. The molecule has 2 aliphatic heterocycles. The van der Waals surface area contributed by atoms with Crippen LogP contribution >= 0.6 is 0 Å². The summed E-state index contributed by atoms with van der Waals surface area (Å²) >= 11 is 0. The van der Waals surface area contributed by atoms with Crippen molar-refractivity contribution in [3.63, 3.8) is 0 Å². The molecule has 0 aromatic heterocycles. The number of anilines is 1. The molecule has 25 heavy (non-hydrogen) atoms. The van der Waals surface area contributed by atoms with Gasteiger partial charge in [-0.1, -0.05) is 0 Å². The third-order valence-electron chi connectivity index (χ3n) is 4.27. The number of likely N-dealkylation sites (tertiary alicyclic amines) is 1. The van der Waals surface area contributed by atoms with Gasteiger partial charge in [-0.3, -0.25) is 4.79 Å². The van der Waals surface area contributed by atoms with Crippen LogP contribution in [0.4, 0.5) is 10.5 Å². The van der Waals surface area contributed by atoms with E-state index in [0.29, 0.717) is 24.2 Å². The van der Waals surface area contributed by atoms with Crippen molar-refractivity contribution in [3.05, 3.63) is 23.8 Å². The summed E-state index contributed by atoms with van der Waals surface area (Å²) in [5, 5.41) is 2.02. The molecular formula is C17H22N2O5S. The fourth-order valence-corrected chi connectivity index (χ4v) is 4.79. The molecule has 1 unspecified atom stereocenters. The van der Waals surface area contributed by atoms with Crippen molar-refractivity contribution < 1.29 is 22.7 Å². The first-order valence-electron chi connectivity index (χ1n) is 8.21. The van der Waals surface area contributed by atoms with Crippen LogP contribution in [0.15, 0.2) is 23.1 Å². The third-order valence-corrected chi connectivity index (χ3v) is 6.44. The standard InChI is InChI=1S/C17H22N2O5S/c1-17(2,3)24-16(21)19-7-6-13(10-19)25(22,23)12-4-5-14-11(8-12)9-15(20)18-14/h4-5,8,13H,6-7,9-10H2,1-3H3,(H,18,20). The van der Waals surface area contributed by atoms with Gasteiger partial charge in [-0.15, -0.1) is 0 Å². The number of hydrogen-bond acceptors (Lipinski definition) is 5. The summed E-state index contributed by atoms with van der Waals surface area (Å²) in [6, 6.07) is 4.68. The normalized spacial score (nSPS) is 20.4. The van der Waals surface area contributed by atoms with Crippen molar-refractivity contribution in [2.24, 2.45) is 0 Å². The monoisotopic (exact) mass is 366 g/mol. The molecule has 2 heterocycles. The van der Waals surface area contributed by atoms with Gasteiger partial charge in [0.25, 0.3) is 0 Å². The lowest BCUT2D eigenvalue weighted by molar-refractivity contribution is -0.115. The molecule has 1 N–H and O–H groups in total. The Kier molecular flexibility index (Phi) is 4.26. The number of hydrogen-bond donors (Lipinski definition) is 1. The number of sulfone groups is 1. The highest BCUT2D eigenvalue weighted by molar-refractivity contribution is 7.92. The second-order valence-electron chi connectivity index (χ2n) is 7.43. The molecule has 8 heteroatoms. The van der Waals surface area contributed by atoms with E-state index in [2.05, 4.69) is 5.32 Å². The van der Waals surface area contributed by atoms with Crippen LogP contribution in [0.1, 0.15) is 32.8 Å². The highest BCUT2D eigenvalue weighted by Gasteiger charge is 2.38. The van der Waals surface area contributed by atoms with E-state index in [1.165, 1.54) is 11.0 Å². The second-order valence-corrected chi connectivity index (χ2v) is 9.65. The summed E-state index contributed by atoms with van der Waals surface area (Å²) in [4.78, 5) is 25.2. The fraction of sp³-hybridized carbons (Fsp3) is 0.529. The summed E-state index contributed by atoms with van der Waals surface area (Å²) < 4.78 is 31.1. The summed E-state index contributed by atoms with van der Waals surface area (Å²) in [5.41, 5.74) is 0.729. The van der Waals surface area contributed by atoms with Crippen molar-refractivity contribution in [2.45, 2.75) is 49.4 Å². The Balaban J connectivity index is 1.75. The van der Waals surface area contributed by atoms with Crippen molar-refractivity contribution >= 4 is 27.5 Å². The van der Waals surface area contributed by atoms with E-state index in [9.17, 15) is 18.0 Å². The Bertz CT molecular complexity index is 826. The lowest BCUT2D eigenvalue weighted by Gasteiger charge is -2.24. The van der Waals surface area contributed by atoms with Gasteiger partial charge in [-0.2, -0.15) is 0 Å². The molecule has 0 aliphatic carbocycles. The SMILES string of the molecule is CC(C)(C)OC(=O)N1CCC(S(=O)(=O)c2ccc3c(c2)CC(=O)N3)C1. The van der Waals surface area contributed by atoms with E-state index < -0.39 is 26.8 Å². The number of carbonyl (C=O) groups is 2. The van der Waals surface area contributed by atoms with Crippen LogP contribution < -0.4 is 5.32 Å². The first kappa shape index (κ1) is 17.7. The van der Waals surface area contributed by atoms with E-state index in [0.717, 1.165) is 0 Å². The van der Waals surface area contributed by atoms with Crippen molar-refractivity contribution in [3.8, 4) is 0 Å². The van der Waals surface area contributed by atoms with Gasteiger partial charge in [0.2, 0.25) is 5.91 Å². The molecule has 3 rings (SSSR count). The fourth-order valence-electron chi connectivity index (χ4n) is 3.05. The topological polar surface area (TPSA) is 92.8 Å². The first-order valence-corrected chi connectivity index (χ1v) is 9.75. The molecule has 2 amide bonds. The Labute approximate surface area is 147 Å². The molecule has 136 valence electrons. The van der Waals surface area contributed by atoms with Gasteiger partial charge in [-0.25, -0.2) is 13.2 Å². The lowest BCUT2D eigenvalue weighted by Crippen LogP contribution is -2.36. The minimum absolute atomic E-state index is 0.117. The summed E-state index contributed by atoms with van der Waals surface area (Å²) in [6.07, 6.45) is 0.0671. The van der Waals surface area contributed by atoms with Gasteiger partial charge < -0.3 is 15.0 Å². The van der Waals surface area contributed by atoms with Crippen LogP contribution in [0, 0.1) is 0 Å². The van der Waals surface area contributed by atoms with Crippen molar-refractivity contribution in [1.29, 1.82) is 0 Å². The second kappa shape index (κ2) is 6.01. The van der Waals surface area contributed by atoms with E-state index in [1.54, 1.807) is 32.9 Å². The zero-order valence-electron chi connectivity index (χ0n) is 14.5. The predicted octanol–water partition coefficient (Wildman–Crippen LogP) is 1.96. The molecule has 0 bridgehead atoms. The number of benzene rings is 1. The molecular weight excluding hydrogens is 344 g/mol. The maximum atomic E-state index is 12.9. The maximum absolute atomic E-state index is 12.9. The number of nitrogens with one attached hydrogen (secondary N) is 1. The summed E-state index contributed by atoms with van der Waals surface area (Å²) in [7, 11) is -3.58. The molecule has 2 aliphatic rings. The molecule has 1 aromatic rings. The molecule has 1 saturated heterocycles. The van der Waals surface area contributed by atoms with Crippen LogP contribution in [-0.2, 0) is 25.8 Å². The van der Waals surface area contributed by atoms with E-state index in [-0.39, 0.29) is 23.8 Å². The number of carbonyl (C=O) groups excluding carboxylic acids is 2. The molecule has 7 nitrogen and oxygen atoms in total. The van der Waals surface area contributed by atoms with Crippen molar-refractivity contribution in [2.75, 3.05) is 18.4 Å². The number of rotatable bonds is 2. The maximum Gasteiger partial charge on any atom is 0.410 e. The van der Waals surface area contributed by atoms with Crippen LogP contribution in [0.5, 0.6) is 0 Å². The quantitative estimate of drug-likeness (QED) is 0.864. The van der Waals surface area contributed by atoms with Gasteiger partial charge in [0, 0.05) is 18.8 Å². The van der Waals surface area contributed by atoms with Gasteiger partial charge >= 0.3 is 6.09 Å². The smallest absolute Gasteiger partial charge is 0.410 e. The van der Waals surface area contributed by atoms with Crippen LogP contribution in [-0.4, -0.2) is 49.3 Å². The number of ether oxygens (including phenoxy) is 1. The average Bonchev–Trinajstić information content (AvgIpc) is 3.10. The van der Waals surface area contributed by atoms with E-state index in [1.807, 2.05) is 0 Å². The number of nitrogens with zero attached hydrogens (tertiary/aromatic N) is 1. The van der Waals surface area contributed by atoms with Gasteiger partial charge in [0.05, 0.1) is 16.6 Å². The zero-order chi connectivity index (χ0) is 18.4. The molecule has 1 fully saturated rings. The van der Waals surface area contributed by atoms with E-state index >= 15 is 0 Å². The van der Waals surface area contributed by atoms with Crippen LogP contribution in [0.3, 0.4) is 0 Å². The largest absolute Gasteiger partial charge is 0.444 e. The first-order chi connectivity index (χ1) is 11.6. The number of amides is 2. The minimum atomic E-state index is -3.58. The molecule has 0 saturated carbocycles. The Morgan fingerprint density at radius 3 is 2.72 bits per heavy atom. The average molecular weight is 366 g/mol. The van der Waals surface area contributed by atoms with Gasteiger partial charge in [-0.05, 0) is 51.0 Å². The molecule has 1 atom stereocenters. The summed E-state index contributed by atoms with van der Waals surface area (Å²) in [5.74, 6) is -0.137. The third kappa shape index (κ3) is 3.63.